The Bertz CT molecular complexity index is 823. The first-order valence-electron chi connectivity index (χ1n) is 6.96. The fourth-order valence-corrected chi connectivity index (χ4v) is 2.37. The summed E-state index contributed by atoms with van der Waals surface area (Å²) in [6.45, 7) is 0. The number of non-ortho nitro benzene ring substituents is 1. The molecule has 0 fully saturated rings. The highest BCUT2D eigenvalue weighted by atomic mass is 16.6. The van der Waals surface area contributed by atoms with Crippen LogP contribution >= 0.6 is 0 Å². The molecule has 0 unspecified atom stereocenters. The van der Waals surface area contributed by atoms with Gasteiger partial charge < -0.3 is 9.64 Å². The number of carbonyl (C=O) groups is 1. The second-order valence-corrected chi connectivity index (χ2v) is 5.37. The molecule has 0 bridgehead atoms. The van der Waals surface area contributed by atoms with Crippen molar-refractivity contribution >= 4 is 29.2 Å². The van der Waals surface area contributed by atoms with E-state index in [1.807, 2.05) is 43.3 Å². The molecule has 1 aliphatic heterocycles. The van der Waals surface area contributed by atoms with Gasteiger partial charge in [0.2, 0.25) is 0 Å². The monoisotopic (exact) mass is 310 g/mol. The maximum absolute atomic E-state index is 11.9. The number of hydrogen-bond acceptors (Lipinski definition) is 5. The van der Waals surface area contributed by atoms with Crippen molar-refractivity contribution in [1.29, 1.82) is 0 Å². The molecule has 6 nitrogen and oxygen atoms in total. The largest absolute Gasteiger partial charge is 0.422 e. The van der Waals surface area contributed by atoms with Crippen LogP contribution in [0.2, 0.25) is 0 Å². The van der Waals surface area contributed by atoms with Crippen molar-refractivity contribution in [3.8, 4) is 0 Å². The molecule has 0 radical (unpaired) electrons. The Labute approximate surface area is 132 Å². The Morgan fingerprint density at radius 1 is 1.09 bits per heavy atom. The number of rotatable bonds is 3. The van der Waals surface area contributed by atoms with E-state index in [-0.39, 0.29) is 11.3 Å². The van der Waals surface area contributed by atoms with Gasteiger partial charge >= 0.3 is 5.97 Å². The molecule has 0 saturated heterocycles. The van der Waals surface area contributed by atoms with Crippen molar-refractivity contribution < 1.29 is 14.5 Å². The van der Waals surface area contributed by atoms with Gasteiger partial charge in [0.1, 0.15) is 5.76 Å². The quantitative estimate of drug-likeness (QED) is 0.494. The fourth-order valence-electron chi connectivity index (χ4n) is 2.37. The molecule has 6 heteroatoms. The molecule has 2 aromatic carbocycles. The number of nitrogens with zero attached hydrogens (tertiary/aromatic N) is 2. The van der Waals surface area contributed by atoms with Crippen LogP contribution in [0.4, 0.5) is 11.4 Å². The predicted molar refractivity (Wildman–Crippen MR) is 87.2 cm³/mol. The van der Waals surface area contributed by atoms with Gasteiger partial charge in [-0.25, -0.2) is 4.79 Å². The zero-order valence-corrected chi connectivity index (χ0v) is 12.6. The lowest BCUT2D eigenvalue weighted by Gasteiger charge is -2.11. The number of benzene rings is 2. The molecule has 0 N–H and O–H groups in total. The van der Waals surface area contributed by atoms with E-state index in [9.17, 15) is 14.9 Å². The third-order valence-electron chi connectivity index (χ3n) is 3.61. The summed E-state index contributed by atoms with van der Waals surface area (Å²) in [6.07, 6.45) is 1.75. The lowest BCUT2D eigenvalue weighted by molar-refractivity contribution is -0.384. The molecule has 23 heavy (non-hydrogen) atoms. The first-order chi connectivity index (χ1) is 11.0. The smallest absolute Gasteiger partial charge is 0.344 e. The van der Waals surface area contributed by atoms with Gasteiger partial charge in [-0.1, -0.05) is 12.1 Å². The minimum atomic E-state index is -0.570. The van der Waals surface area contributed by atoms with Gasteiger partial charge in [0, 0.05) is 37.5 Å². The Kier molecular flexibility index (Phi) is 3.57. The molecular weight excluding hydrogens is 296 g/mol. The van der Waals surface area contributed by atoms with Gasteiger partial charge in [-0.05, 0) is 29.8 Å². The second kappa shape index (κ2) is 5.57. The van der Waals surface area contributed by atoms with Crippen LogP contribution in [0.25, 0.3) is 11.8 Å². The molecule has 0 atom stereocenters. The van der Waals surface area contributed by atoms with Crippen LogP contribution in [-0.4, -0.2) is 25.0 Å². The number of ether oxygens (including phenoxy) is 1. The second-order valence-electron chi connectivity index (χ2n) is 5.37. The maximum Gasteiger partial charge on any atom is 0.344 e. The van der Waals surface area contributed by atoms with Crippen LogP contribution in [0.15, 0.2) is 42.5 Å². The summed E-state index contributed by atoms with van der Waals surface area (Å²) in [7, 11) is 3.91. The van der Waals surface area contributed by atoms with Gasteiger partial charge in [-0.15, -0.1) is 0 Å². The lowest BCUT2D eigenvalue weighted by atomic mass is 10.1. The maximum atomic E-state index is 11.9. The highest BCUT2D eigenvalue weighted by Gasteiger charge is 2.28. The molecule has 0 aromatic heterocycles. The number of esters is 1. The fraction of sp³-hybridized carbons (Fsp3) is 0.118. The zero-order chi connectivity index (χ0) is 16.6. The third kappa shape index (κ3) is 2.78. The SMILES string of the molecule is CN(C)c1ccc(/C=C2/OC(=O)c3cc([N+](=O)[O-])ccc32)cc1. The minimum Gasteiger partial charge on any atom is -0.422 e. The number of nitro benzene ring substituents is 1. The van der Waals surface area contributed by atoms with Gasteiger partial charge in [-0.3, -0.25) is 10.1 Å². The van der Waals surface area contributed by atoms with Crippen molar-refractivity contribution in [2.24, 2.45) is 0 Å². The molecule has 3 rings (SSSR count). The van der Waals surface area contributed by atoms with Crippen LogP contribution in [-0.2, 0) is 4.74 Å². The highest BCUT2D eigenvalue weighted by Crippen LogP contribution is 2.33. The normalized spacial score (nSPS) is 14.5. The Hall–Kier alpha value is -3.15. The molecule has 0 saturated carbocycles. The zero-order valence-electron chi connectivity index (χ0n) is 12.6. The first kappa shape index (κ1) is 14.8. The molecule has 116 valence electrons. The Morgan fingerprint density at radius 2 is 1.78 bits per heavy atom. The van der Waals surface area contributed by atoms with E-state index < -0.39 is 10.9 Å². The van der Waals surface area contributed by atoms with Gasteiger partial charge in [-0.2, -0.15) is 0 Å². The van der Waals surface area contributed by atoms with E-state index in [4.69, 9.17) is 4.74 Å². The lowest BCUT2D eigenvalue weighted by Crippen LogP contribution is -2.07. The van der Waals surface area contributed by atoms with Crippen LogP contribution in [0.1, 0.15) is 21.5 Å². The summed E-state index contributed by atoms with van der Waals surface area (Å²) in [5, 5.41) is 10.8. The average Bonchev–Trinajstić information content (AvgIpc) is 2.83. The summed E-state index contributed by atoms with van der Waals surface area (Å²) in [5.74, 6) is -0.169. The molecule has 0 spiro atoms. The number of nitro groups is 1. The summed E-state index contributed by atoms with van der Waals surface area (Å²) >= 11 is 0. The molecule has 1 aliphatic rings. The number of carbonyl (C=O) groups excluding carboxylic acids is 1. The minimum absolute atomic E-state index is 0.128. The summed E-state index contributed by atoms with van der Waals surface area (Å²) in [6, 6.07) is 11.9. The molecule has 0 amide bonds. The van der Waals surface area contributed by atoms with Gasteiger partial charge in [0.05, 0.1) is 10.5 Å². The van der Waals surface area contributed by atoms with Crippen LogP contribution in [0, 0.1) is 10.1 Å². The number of hydrogen-bond donors (Lipinski definition) is 0. The number of fused-ring (bicyclic) bond motifs is 1. The molecule has 2 aromatic rings. The Balaban J connectivity index is 1.97. The van der Waals surface area contributed by atoms with Crippen LogP contribution in [0.3, 0.4) is 0 Å². The standard InChI is InChI=1S/C17H14N2O4/c1-18(2)12-5-3-11(4-6-12)9-16-14-8-7-13(19(21)22)10-15(14)17(20)23-16/h3-10H,1-2H3/b16-9+. The van der Waals surface area contributed by atoms with Crippen LogP contribution < -0.4 is 4.90 Å². The van der Waals surface area contributed by atoms with E-state index in [1.54, 1.807) is 12.1 Å². The van der Waals surface area contributed by atoms with Crippen molar-refractivity contribution in [1.82, 2.24) is 0 Å². The van der Waals surface area contributed by atoms with E-state index in [0.717, 1.165) is 11.3 Å². The van der Waals surface area contributed by atoms with Crippen molar-refractivity contribution in [2.45, 2.75) is 0 Å². The Morgan fingerprint density at radius 3 is 2.39 bits per heavy atom. The van der Waals surface area contributed by atoms with Crippen LogP contribution in [0.5, 0.6) is 0 Å². The van der Waals surface area contributed by atoms with Gasteiger partial charge in [0.25, 0.3) is 5.69 Å². The van der Waals surface area contributed by atoms with Crippen molar-refractivity contribution in [3.05, 3.63) is 69.3 Å². The van der Waals surface area contributed by atoms with Crippen molar-refractivity contribution in [3.63, 3.8) is 0 Å². The summed E-state index contributed by atoms with van der Waals surface area (Å²) < 4.78 is 5.24. The van der Waals surface area contributed by atoms with E-state index in [0.29, 0.717) is 11.3 Å². The molecular formula is C17H14N2O4. The average molecular weight is 310 g/mol. The predicted octanol–water partition coefficient (Wildman–Crippen LogP) is 3.33. The van der Waals surface area contributed by atoms with E-state index in [1.165, 1.54) is 12.1 Å². The first-order valence-corrected chi connectivity index (χ1v) is 6.96. The molecule has 0 aliphatic carbocycles. The van der Waals surface area contributed by atoms with Gasteiger partial charge in [0.15, 0.2) is 0 Å². The third-order valence-corrected chi connectivity index (χ3v) is 3.61. The van der Waals surface area contributed by atoms with E-state index in [2.05, 4.69) is 0 Å². The highest BCUT2D eigenvalue weighted by molar-refractivity contribution is 6.06. The summed E-state index contributed by atoms with van der Waals surface area (Å²) in [5.41, 5.74) is 2.60. The topological polar surface area (TPSA) is 72.7 Å². The molecule has 1 heterocycles. The number of cyclic esters (lactones) is 1. The van der Waals surface area contributed by atoms with E-state index >= 15 is 0 Å². The number of anilines is 1. The summed E-state index contributed by atoms with van der Waals surface area (Å²) in [4.78, 5) is 24.1. The van der Waals surface area contributed by atoms with Crippen molar-refractivity contribution in [2.75, 3.05) is 19.0 Å².